The topological polar surface area (TPSA) is 39.2 Å². The maximum Gasteiger partial charge on any atom is 0.311 e. The number of aryl methyl sites for hydroxylation is 1. The molecule has 1 aromatic heterocycles. The predicted octanol–water partition coefficient (Wildman–Crippen LogP) is 2.15. The lowest BCUT2D eigenvalue weighted by Gasteiger charge is -2.02. The van der Waals surface area contributed by atoms with E-state index in [4.69, 9.17) is 16.3 Å². The number of aromatic nitrogens is 1. The standard InChI is InChI=1S/C10H12ClNO2/c1-3-14-10(13)6-8-4-7(2)5-9(11)12-8/h4-5H,3,6H2,1-2H3. The molecule has 0 radical (unpaired) electrons. The highest BCUT2D eigenvalue weighted by Gasteiger charge is 2.06. The molecule has 0 bridgehead atoms. The fourth-order valence-electron chi connectivity index (χ4n) is 1.14. The van der Waals surface area contributed by atoms with Crippen LogP contribution in [0.5, 0.6) is 0 Å². The zero-order chi connectivity index (χ0) is 10.6. The highest BCUT2D eigenvalue weighted by Crippen LogP contribution is 2.10. The first kappa shape index (κ1) is 11.0. The second kappa shape index (κ2) is 4.96. The number of carbonyl (C=O) groups is 1. The largest absolute Gasteiger partial charge is 0.466 e. The van der Waals surface area contributed by atoms with Crippen molar-refractivity contribution in [3.63, 3.8) is 0 Å². The van der Waals surface area contributed by atoms with Crippen LogP contribution < -0.4 is 0 Å². The quantitative estimate of drug-likeness (QED) is 0.571. The van der Waals surface area contributed by atoms with Gasteiger partial charge in [0, 0.05) is 0 Å². The third kappa shape index (κ3) is 3.34. The highest BCUT2D eigenvalue weighted by atomic mass is 35.5. The Morgan fingerprint density at radius 2 is 2.29 bits per heavy atom. The molecule has 0 aliphatic rings. The molecular weight excluding hydrogens is 202 g/mol. The van der Waals surface area contributed by atoms with Crippen LogP contribution in [0.25, 0.3) is 0 Å². The Bertz CT molecular complexity index is 319. The Kier molecular flexibility index (Phi) is 3.89. The van der Waals surface area contributed by atoms with E-state index in [2.05, 4.69) is 4.98 Å². The molecule has 4 heteroatoms. The predicted molar refractivity (Wildman–Crippen MR) is 54.3 cm³/mol. The average Bonchev–Trinajstić information content (AvgIpc) is 2.01. The monoisotopic (exact) mass is 213 g/mol. The van der Waals surface area contributed by atoms with Crippen molar-refractivity contribution < 1.29 is 9.53 Å². The summed E-state index contributed by atoms with van der Waals surface area (Å²) in [4.78, 5) is 15.2. The van der Waals surface area contributed by atoms with Gasteiger partial charge in [-0.2, -0.15) is 0 Å². The lowest BCUT2D eigenvalue weighted by molar-refractivity contribution is -0.142. The molecule has 0 unspecified atom stereocenters. The summed E-state index contributed by atoms with van der Waals surface area (Å²) < 4.78 is 4.80. The number of esters is 1. The van der Waals surface area contributed by atoms with Gasteiger partial charge in [0.1, 0.15) is 5.15 Å². The van der Waals surface area contributed by atoms with E-state index in [9.17, 15) is 4.79 Å². The van der Waals surface area contributed by atoms with E-state index >= 15 is 0 Å². The van der Waals surface area contributed by atoms with Gasteiger partial charge >= 0.3 is 5.97 Å². The van der Waals surface area contributed by atoms with E-state index in [-0.39, 0.29) is 12.4 Å². The lowest BCUT2D eigenvalue weighted by atomic mass is 10.2. The summed E-state index contributed by atoms with van der Waals surface area (Å²) in [5.41, 5.74) is 1.64. The summed E-state index contributed by atoms with van der Waals surface area (Å²) in [5.74, 6) is -0.276. The van der Waals surface area contributed by atoms with Crippen LogP contribution in [0.2, 0.25) is 5.15 Å². The van der Waals surface area contributed by atoms with Gasteiger partial charge in [-0.1, -0.05) is 11.6 Å². The first-order valence-corrected chi connectivity index (χ1v) is 4.78. The summed E-state index contributed by atoms with van der Waals surface area (Å²) in [5, 5.41) is 0.407. The molecule has 76 valence electrons. The van der Waals surface area contributed by atoms with E-state index in [1.54, 1.807) is 13.0 Å². The Balaban J connectivity index is 2.71. The zero-order valence-electron chi connectivity index (χ0n) is 8.21. The van der Waals surface area contributed by atoms with Gasteiger partial charge in [-0.25, -0.2) is 4.98 Å². The van der Waals surface area contributed by atoms with Gasteiger partial charge in [0.15, 0.2) is 0 Å². The van der Waals surface area contributed by atoms with Gasteiger partial charge in [-0.15, -0.1) is 0 Å². The van der Waals surface area contributed by atoms with Crippen LogP contribution in [0.1, 0.15) is 18.2 Å². The Morgan fingerprint density at radius 1 is 1.57 bits per heavy atom. The van der Waals surface area contributed by atoms with E-state index in [0.29, 0.717) is 17.5 Å². The second-order valence-corrected chi connectivity index (χ2v) is 3.33. The number of rotatable bonds is 3. The van der Waals surface area contributed by atoms with Crippen LogP contribution in [0, 0.1) is 6.92 Å². The Labute approximate surface area is 88.1 Å². The maximum absolute atomic E-state index is 11.1. The number of hydrogen-bond donors (Lipinski definition) is 0. The van der Waals surface area contributed by atoms with Gasteiger partial charge < -0.3 is 4.74 Å². The fraction of sp³-hybridized carbons (Fsp3) is 0.400. The molecule has 1 rings (SSSR count). The molecule has 1 aromatic rings. The first-order chi connectivity index (χ1) is 6.61. The van der Waals surface area contributed by atoms with Crippen LogP contribution in [-0.4, -0.2) is 17.6 Å². The molecule has 0 atom stereocenters. The van der Waals surface area contributed by atoms with Crippen molar-refractivity contribution in [3.05, 3.63) is 28.5 Å². The molecule has 0 amide bonds. The van der Waals surface area contributed by atoms with Crippen LogP contribution in [-0.2, 0) is 16.0 Å². The van der Waals surface area contributed by atoms with Crippen molar-refractivity contribution >= 4 is 17.6 Å². The molecule has 0 aliphatic carbocycles. The molecule has 0 saturated heterocycles. The number of hydrogen-bond acceptors (Lipinski definition) is 3. The van der Waals surface area contributed by atoms with Crippen LogP contribution in [0.15, 0.2) is 12.1 Å². The van der Waals surface area contributed by atoms with Gasteiger partial charge in [-0.3, -0.25) is 4.79 Å². The minimum atomic E-state index is -0.276. The van der Waals surface area contributed by atoms with Gasteiger partial charge in [-0.05, 0) is 31.5 Å². The van der Waals surface area contributed by atoms with Gasteiger partial charge in [0.25, 0.3) is 0 Å². The molecule has 0 spiro atoms. The first-order valence-electron chi connectivity index (χ1n) is 4.40. The minimum absolute atomic E-state index is 0.176. The summed E-state index contributed by atoms with van der Waals surface area (Å²) in [6.45, 7) is 4.06. The Hall–Kier alpha value is -1.09. The molecular formula is C10H12ClNO2. The third-order valence-electron chi connectivity index (χ3n) is 1.62. The summed E-state index contributed by atoms with van der Waals surface area (Å²) >= 11 is 5.75. The van der Waals surface area contributed by atoms with Crippen molar-refractivity contribution in [1.82, 2.24) is 4.98 Å². The lowest BCUT2D eigenvalue weighted by Crippen LogP contribution is -2.08. The fourth-order valence-corrected chi connectivity index (χ4v) is 1.43. The van der Waals surface area contributed by atoms with Crippen LogP contribution >= 0.6 is 11.6 Å². The van der Waals surface area contributed by atoms with Gasteiger partial charge in [0.05, 0.1) is 18.7 Å². The van der Waals surface area contributed by atoms with Crippen LogP contribution in [0.4, 0.5) is 0 Å². The summed E-state index contributed by atoms with van der Waals surface area (Å²) in [6.07, 6.45) is 0.176. The molecule has 0 N–H and O–H groups in total. The number of halogens is 1. The molecule has 3 nitrogen and oxygen atoms in total. The molecule has 0 aliphatic heterocycles. The zero-order valence-corrected chi connectivity index (χ0v) is 8.97. The van der Waals surface area contributed by atoms with Crippen molar-refractivity contribution in [2.75, 3.05) is 6.61 Å². The number of nitrogens with zero attached hydrogens (tertiary/aromatic N) is 1. The molecule has 1 heterocycles. The highest BCUT2D eigenvalue weighted by molar-refractivity contribution is 6.29. The molecule has 0 saturated carbocycles. The van der Waals surface area contributed by atoms with E-state index in [0.717, 1.165) is 5.56 Å². The number of pyridine rings is 1. The smallest absolute Gasteiger partial charge is 0.311 e. The maximum atomic E-state index is 11.1. The van der Waals surface area contributed by atoms with E-state index < -0.39 is 0 Å². The number of carbonyl (C=O) groups excluding carboxylic acids is 1. The minimum Gasteiger partial charge on any atom is -0.466 e. The molecule has 14 heavy (non-hydrogen) atoms. The summed E-state index contributed by atoms with van der Waals surface area (Å²) in [6, 6.07) is 3.57. The third-order valence-corrected chi connectivity index (χ3v) is 1.82. The van der Waals surface area contributed by atoms with E-state index in [1.807, 2.05) is 13.0 Å². The normalized spacial score (nSPS) is 9.93. The van der Waals surface area contributed by atoms with Crippen molar-refractivity contribution in [3.8, 4) is 0 Å². The van der Waals surface area contributed by atoms with Gasteiger partial charge in [0.2, 0.25) is 0 Å². The van der Waals surface area contributed by atoms with E-state index in [1.165, 1.54) is 0 Å². The van der Waals surface area contributed by atoms with Crippen molar-refractivity contribution in [1.29, 1.82) is 0 Å². The number of ether oxygens (including phenoxy) is 1. The van der Waals surface area contributed by atoms with Crippen molar-refractivity contribution in [2.24, 2.45) is 0 Å². The average molecular weight is 214 g/mol. The SMILES string of the molecule is CCOC(=O)Cc1cc(C)cc(Cl)n1. The molecule has 0 aromatic carbocycles. The molecule has 0 fully saturated rings. The van der Waals surface area contributed by atoms with Crippen molar-refractivity contribution in [2.45, 2.75) is 20.3 Å². The Morgan fingerprint density at radius 3 is 2.86 bits per heavy atom. The van der Waals surface area contributed by atoms with Crippen LogP contribution in [0.3, 0.4) is 0 Å². The summed E-state index contributed by atoms with van der Waals surface area (Å²) in [7, 11) is 0. The second-order valence-electron chi connectivity index (χ2n) is 2.94.